The molecule has 2 aliphatic heterocycles. The molecule has 0 unspecified atom stereocenters. The lowest BCUT2D eigenvalue weighted by atomic mass is 9.82. The zero-order valence-electron chi connectivity index (χ0n) is 26.6. The summed E-state index contributed by atoms with van der Waals surface area (Å²) in [7, 11) is -2.52. The van der Waals surface area contributed by atoms with E-state index in [0.717, 1.165) is 80.4 Å². The molecule has 4 aliphatic rings. The predicted molar refractivity (Wildman–Crippen MR) is 176 cm³/mol. The summed E-state index contributed by atoms with van der Waals surface area (Å²) in [5.74, 6) is -0.378. The van der Waals surface area contributed by atoms with Gasteiger partial charge in [-0.2, -0.15) is 17.8 Å². The van der Waals surface area contributed by atoms with E-state index < -0.39 is 16.1 Å². The van der Waals surface area contributed by atoms with E-state index >= 15 is 0 Å². The van der Waals surface area contributed by atoms with Crippen LogP contribution in [-0.2, 0) is 10.2 Å². The third kappa shape index (κ3) is 6.22. The maximum atomic E-state index is 13.6. The number of nitrogens with zero attached hydrogens (tertiary/aromatic N) is 7. The molecule has 0 bridgehead atoms. The van der Waals surface area contributed by atoms with E-state index in [2.05, 4.69) is 19.4 Å². The van der Waals surface area contributed by atoms with E-state index in [1.165, 1.54) is 43.7 Å². The second-order valence-corrected chi connectivity index (χ2v) is 15.0. The number of hydrogen-bond donors (Lipinski definition) is 1. The molecule has 2 aliphatic carbocycles. The number of aromatic nitrogens is 3. The van der Waals surface area contributed by atoms with Crippen LogP contribution < -0.4 is 9.62 Å². The van der Waals surface area contributed by atoms with Gasteiger partial charge in [0.05, 0.1) is 22.5 Å². The zero-order chi connectivity index (χ0) is 31.1. The topological polar surface area (TPSA) is 107 Å². The van der Waals surface area contributed by atoms with Gasteiger partial charge in [0.1, 0.15) is 5.69 Å². The average molecular weight is 635 g/mol. The van der Waals surface area contributed by atoms with E-state index in [1.54, 1.807) is 6.07 Å². The molecule has 1 aromatic carbocycles. The van der Waals surface area contributed by atoms with Gasteiger partial charge >= 0.3 is 10.2 Å². The van der Waals surface area contributed by atoms with Crippen LogP contribution in [0.1, 0.15) is 80.4 Å². The highest BCUT2D eigenvalue weighted by Gasteiger charge is 2.35. The molecule has 1 N–H and O–H groups in total. The third-order valence-corrected chi connectivity index (χ3v) is 11.7. The van der Waals surface area contributed by atoms with Crippen molar-refractivity contribution in [3.05, 3.63) is 47.8 Å². The van der Waals surface area contributed by atoms with Crippen molar-refractivity contribution in [2.24, 2.45) is 0 Å². The first kappa shape index (κ1) is 30.6. The number of hydrogen-bond acceptors (Lipinski definition) is 8. The number of carbonyl (C=O) groups is 1. The Hall–Kier alpha value is -3.06. The average Bonchev–Trinajstić information content (AvgIpc) is 3.82. The molecule has 4 heterocycles. The molecule has 2 aromatic heterocycles. The van der Waals surface area contributed by atoms with Crippen LogP contribution in [0, 0.1) is 0 Å². The van der Waals surface area contributed by atoms with E-state index in [9.17, 15) is 13.2 Å². The molecule has 11 nitrogen and oxygen atoms in total. The van der Waals surface area contributed by atoms with Crippen LogP contribution in [-0.4, -0.2) is 108 Å². The van der Waals surface area contributed by atoms with Crippen molar-refractivity contribution < 1.29 is 13.2 Å². The van der Waals surface area contributed by atoms with Crippen molar-refractivity contribution in [3.8, 4) is 5.69 Å². The highest BCUT2D eigenvalue weighted by molar-refractivity contribution is 7.87. The number of fused-ring (bicyclic) bond motifs is 1. The lowest BCUT2D eigenvalue weighted by Crippen LogP contribution is -2.53. The van der Waals surface area contributed by atoms with Crippen molar-refractivity contribution in [2.45, 2.75) is 76.3 Å². The van der Waals surface area contributed by atoms with E-state index in [-0.39, 0.29) is 5.69 Å². The second kappa shape index (κ2) is 12.6. The van der Waals surface area contributed by atoms with Gasteiger partial charge in [-0.05, 0) is 63.1 Å². The Balaban J connectivity index is 1.23. The molecule has 2 saturated carbocycles. The molecule has 12 heteroatoms. The number of nitrogens with one attached hydrogen (secondary N) is 1. The monoisotopic (exact) mass is 634 g/mol. The molecule has 45 heavy (non-hydrogen) atoms. The standard InChI is InChI=1S/C33H46N8O3S/c1-3-16-37(2)45(43,44)36-33(42)28-23-29(40-17-14-26(15-18-40)39-21-19-38(20-22-39)25-12-13-25)30-31(24-8-7-9-24)35-41(32(30)34-28)27-10-5-4-6-11-27/h4-6,10-11,23-26H,3,7-9,12-22H2,1-2H3,(H,36,42). The molecule has 1 amide bonds. The normalized spacial score (nSPS) is 21.0. The number of carbonyl (C=O) groups excluding carboxylic acids is 1. The quantitative estimate of drug-likeness (QED) is 0.360. The summed E-state index contributed by atoms with van der Waals surface area (Å²) in [6.07, 6.45) is 8.82. The van der Waals surface area contributed by atoms with Crippen molar-refractivity contribution in [1.29, 1.82) is 0 Å². The zero-order valence-corrected chi connectivity index (χ0v) is 27.4. The molecule has 7 rings (SSSR count). The molecule has 3 aromatic rings. The molecule has 0 spiro atoms. The highest BCUT2D eigenvalue weighted by atomic mass is 32.2. The summed E-state index contributed by atoms with van der Waals surface area (Å²) in [6.45, 7) is 8.58. The van der Waals surface area contributed by atoms with Gasteiger partial charge in [0.2, 0.25) is 0 Å². The summed E-state index contributed by atoms with van der Waals surface area (Å²) in [4.78, 5) is 26.2. The number of anilines is 1. The van der Waals surface area contributed by atoms with Crippen LogP contribution in [0.4, 0.5) is 5.69 Å². The molecule has 2 saturated heterocycles. The van der Waals surface area contributed by atoms with E-state index in [0.29, 0.717) is 30.6 Å². The Labute approximate surface area is 266 Å². The lowest BCUT2D eigenvalue weighted by Gasteiger charge is -2.43. The molecule has 4 fully saturated rings. The number of piperazine rings is 1. The van der Waals surface area contributed by atoms with E-state index in [4.69, 9.17) is 10.1 Å². The summed E-state index contributed by atoms with van der Waals surface area (Å²) in [5, 5.41) is 6.12. The SMILES string of the molecule is CCCN(C)S(=O)(=O)NC(=O)c1cc(N2CCC(N3CCN(C4CC4)CC3)CC2)c2c(C3CCC3)nn(-c3ccccc3)c2n1. The van der Waals surface area contributed by atoms with Gasteiger partial charge < -0.3 is 4.90 Å². The van der Waals surface area contributed by atoms with Crippen LogP contribution in [0.5, 0.6) is 0 Å². The first-order valence-corrected chi connectivity index (χ1v) is 18.3. The minimum absolute atomic E-state index is 0.0848. The maximum absolute atomic E-state index is 13.6. The van der Waals surface area contributed by atoms with Crippen LogP contribution in [0.15, 0.2) is 36.4 Å². The van der Waals surface area contributed by atoms with E-state index in [1.807, 2.05) is 41.9 Å². The first-order chi connectivity index (χ1) is 21.8. The number of benzene rings is 1. The van der Waals surface area contributed by atoms with Crippen LogP contribution in [0.3, 0.4) is 0 Å². The molecular formula is C33H46N8O3S. The Morgan fingerprint density at radius 2 is 1.58 bits per heavy atom. The van der Waals surface area contributed by atoms with Gasteiger partial charge in [-0.25, -0.2) is 14.4 Å². The molecule has 0 radical (unpaired) electrons. The second-order valence-electron chi connectivity index (χ2n) is 13.3. The summed E-state index contributed by atoms with van der Waals surface area (Å²) >= 11 is 0. The molecule has 242 valence electrons. The van der Waals surface area contributed by atoms with Crippen molar-refractivity contribution in [1.82, 2.24) is 33.6 Å². The fourth-order valence-corrected chi connectivity index (χ4v) is 8.18. The summed E-state index contributed by atoms with van der Waals surface area (Å²) in [6, 6.07) is 13.1. The Morgan fingerprint density at radius 3 is 2.16 bits per heavy atom. The van der Waals surface area contributed by atoms with Crippen LogP contribution in [0.25, 0.3) is 16.7 Å². The fraction of sp³-hybridized carbons (Fsp3) is 0.606. The summed E-state index contributed by atoms with van der Waals surface area (Å²) in [5.41, 5.74) is 3.52. The van der Waals surface area contributed by atoms with Crippen molar-refractivity contribution in [3.63, 3.8) is 0 Å². The number of pyridine rings is 1. The smallest absolute Gasteiger partial charge is 0.303 e. The summed E-state index contributed by atoms with van der Waals surface area (Å²) < 4.78 is 31.2. The van der Waals surface area contributed by atoms with Crippen LogP contribution in [0.2, 0.25) is 0 Å². The van der Waals surface area contributed by atoms with Crippen LogP contribution >= 0.6 is 0 Å². The van der Waals surface area contributed by atoms with Gasteiger partial charge in [-0.15, -0.1) is 0 Å². The number of amides is 1. The largest absolute Gasteiger partial charge is 0.371 e. The number of para-hydroxylation sites is 1. The van der Waals surface area contributed by atoms with Gasteiger partial charge in [0, 0.05) is 70.9 Å². The third-order valence-electron chi connectivity index (χ3n) is 10.3. The molecule has 0 atom stereocenters. The fourth-order valence-electron chi connectivity index (χ4n) is 7.27. The maximum Gasteiger partial charge on any atom is 0.303 e. The van der Waals surface area contributed by atoms with Gasteiger partial charge in [0.15, 0.2) is 5.65 Å². The molecular weight excluding hydrogens is 588 g/mol. The van der Waals surface area contributed by atoms with Crippen molar-refractivity contribution >= 4 is 32.8 Å². The first-order valence-electron chi connectivity index (χ1n) is 16.8. The Morgan fingerprint density at radius 1 is 0.933 bits per heavy atom. The predicted octanol–water partition coefficient (Wildman–Crippen LogP) is 3.75. The minimum Gasteiger partial charge on any atom is -0.371 e. The van der Waals surface area contributed by atoms with Gasteiger partial charge in [-0.3, -0.25) is 14.6 Å². The Bertz CT molecular complexity index is 1620. The van der Waals surface area contributed by atoms with Crippen molar-refractivity contribution in [2.75, 3.05) is 57.8 Å². The lowest BCUT2D eigenvalue weighted by molar-refractivity contribution is 0.0809. The van der Waals surface area contributed by atoms with Gasteiger partial charge in [-0.1, -0.05) is 31.5 Å². The highest BCUT2D eigenvalue weighted by Crippen LogP contribution is 2.43. The number of rotatable bonds is 10. The minimum atomic E-state index is -4.00. The van der Waals surface area contributed by atoms with Gasteiger partial charge in [0.25, 0.3) is 5.91 Å². The number of piperidine rings is 1. The Kier molecular flexibility index (Phi) is 8.58.